The number of ether oxygens (including phenoxy) is 1. The van der Waals surface area contributed by atoms with Gasteiger partial charge in [-0.2, -0.15) is 0 Å². The molecule has 0 heterocycles. The fourth-order valence-corrected chi connectivity index (χ4v) is 4.22. The van der Waals surface area contributed by atoms with Crippen LogP contribution in [0.25, 0.3) is 0 Å². The Bertz CT molecular complexity index is 655. The number of benzene rings is 1. The highest BCUT2D eigenvalue weighted by atomic mass is 32.2. The summed E-state index contributed by atoms with van der Waals surface area (Å²) in [5.41, 5.74) is 0.357. The van der Waals surface area contributed by atoms with Gasteiger partial charge in [0.15, 0.2) is 0 Å². The molecule has 0 aliphatic heterocycles. The normalized spacial score (nSPS) is 15.4. The smallest absolute Gasteiger partial charge is 0.251 e. The van der Waals surface area contributed by atoms with Crippen molar-refractivity contribution >= 4 is 15.9 Å². The van der Waals surface area contributed by atoms with Gasteiger partial charge in [-0.3, -0.25) is 4.79 Å². The predicted octanol–water partition coefficient (Wildman–Crippen LogP) is 2.31. The fourth-order valence-electron chi connectivity index (χ4n) is 3.16. The molecule has 1 saturated carbocycles. The number of hydrogen-bond acceptors (Lipinski definition) is 4. The predicted molar refractivity (Wildman–Crippen MR) is 97.0 cm³/mol. The number of carbonyl (C=O) groups is 1. The van der Waals surface area contributed by atoms with E-state index < -0.39 is 10.0 Å². The van der Waals surface area contributed by atoms with Crippen LogP contribution in [0, 0.1) is 5.92 Å². The maximum Gasteiger partial charge on any atom is 0.251 e. The monoisotopic (exact) mass is 368 g/mol. The molecule has 1 aromatic carbocycles. The highest BCUT2D eigenvalue weighted by Gasteiger charge is 2.16. The third kappa shape index (κ3) is 6.41. The summed E-state index contributed by atoms with van der Waals surface area (Å²) in [6.45, 7) is 1.11. The maximum absolute atomic E-state index is 12.2. The number of hydrogen-bond donors (Lipinski definition) is 2. The zero-order valence-electron chi connectivity index (χ0n) is 14.8. The van der Waals surface area contributed by atoms with E-state index in [1.807, 2.05) is 0 Å². The summed E-state index contributed by atoms with van der Waals surface area (Å²) in [5, 5.41) is 2.88. The summed E-state index contributed by atoms with van der Waals surface area (Å²) in [5.74, 6) is 0.573. The second kappa shape index (κ2) is 9.89. The van der Waals surface area contributed by atoms with E-state index in [2.05, 4.69) is 10.0 Å². The van der Waals surface area contributed by atoms with Crippen LogP contribution in [0.5, 0.6) is 0 Å². The number of rotatable bonds is 10. The van der Waals surface area contributed by atoms with Crippen molar-refractivity contribution in [1.29, 1.82) is 0 Å². The van der Waals surface area contributed by atoms with Gasteiger partial charge in [0.25, 0.3) is 5.91 Å². The van der Waals surface area contributed by atoms with Crippen molar-refractivity contribution in [1.82, 2.24) is 10.0 Å². The molecule has 2 N–H and O–H groups in total. The van der Waals surface area contributed by atoms with Crippen LogP contribution >= 0.6 is 0 Å². The Hall–Kier alpha value is -1.44. The maximum atomic E-state index is 12.2. The largest absolute Gasteiger partial charge is 0.383 e. The third-order valence-electron chi connectivity index (χ3n) is 4.55. The summed E-state index contributed by atoms with van der Waals surface area (Å²) < 4.78 is 31.7. The summed E-state index contributed by atoms with van der Waals surface area (Å²) in [6.07, 6.45) is 7.40. The number of carbonyl (C=O) groups excluding carboxylic acids is 1. The molecule has 0 atom stereocenters. The van der Waals surface area contributed by atoms with Crippen LogP contribution in [0.1, 0.15) is 48.9 Å². The Balaban J connectivity index is 1.85. The molecule has 140 valence electrons. The summed E-state index contributed by atoms with van der Waals surface area (Å²) in [6, 6.07) is 6.09. The Morgan fingerprint density at radius 1 is 1.24 bits per heavy atom. The van der Waals surface area contributed by atoms with Gasteiger partial charge in [0.05, 0.1) is 11.5 Å². The van der Waals surface area contributed by atoms with Crippen LogP contribution in [0.2, 0.25) is 0 Å². The molecule has 0 radical (unpaired) electrons. The van der Waals surface area contributed by atoms with Crippen molar-refractivity contribution in [2.24, 2.45) is 5.92 Å². The summed E-state index contributed by atoms with van der Waals surface area (Å²) in [4.78, 5) is 12.3. The summed E-state index contributed by atoms with van der Waals surface area (Å²) >= 11 is 0. The standard InChI is InChI=1S/C18H28N2O4S/c1-24-13-12-20-25(22,23)17-10-4-9-16(14-17)18(21)19-11-5-8-15-6-2-3-7-15/h4,9-10,14-15,20H,2-3,5-8,11-13H2,1H3,(H,19,21). The first-order chi connectivity index (χ1) is 12.0. The average molecular weight is 368 g/mol. The zero-order chi connectivity index (χ0) is 18.1. The van der Waals surface area contributed by atoms with E-state index in [-0.39, 0.29) is 17.3 Å². The molecular weight excluding hydrogens is 340 g/mol. The molecule has 7 heteroatoms. The molecule has 6 nitrogen and oxygen atoms in total. The lowest BCUT2D eigenvalue weighted by atomic mass is 10.0. The van der Waals surface area contributed by atoms with E-state index in [1.54, 1.807) is 12.1 Å². The molecular formula is C18H28N2O4S. The highest BCUT2D eigenvalue weighted by molar-refractivity contribution is 7.89. The molecule has 1 fully saturated rings. The molecule has 2 rings (SSSR count). The molecule has 0 aromatic heterocycles. The lowest BCUT2D eigenvalue weighted by Gasteiger charge is -2.10. The number of nitrogens with one attached hydrogen (secondary N) is 2. The molecule has 1 amide bonds. The van der Waals surface area contributed by atoms with Crippen molar-refractivity contribution in [3.05, 3.63) is 29.8 Å². The van der Waals surface area contributed by atoms with Crippen molar-refractivity contribution in [3.8, 4) is 0 Å². The van der Waals surface area contributed by atoms with Crippen molar-refractivity contribution < 1.29 is 17.9 Å². The van der Waals surface area contributed by atoms with Crippen LogP contribution in [-0.2, 0) is 14.8 Å². The number of amides is 1. The molecule has 25 heavy (non-hydrogen) atoms. The molecule has 0 saturated heterocycles. The minimum Gasteiger partial charge on any atom is -0.383 e. The van der Waals surface area contributed by atoms with Crippen LogP contribution in [0.3, 0.4) is 0 Å². The number of sulfonamides is 1. The molecule has 0 spiro atoms. The first-order valence-corrected chi connectivity index (χ1v) is 10.4. The molecule has 1 aromatic rings. The van der Waals surface area contributed by atoms with Gasteiger partial charge in [0.2, 0.25) is 10.0 Å². The average Bonchev–Trinajstić information content (AvgIpc) is 3.12. The van der Waals surface area contributed by atoms with E-state index >= 15 is 0 Å². The Labute approximate surface area is 150 Å². The molecule has 0 unspecified atom stereocenters. The Morgan fingerprint density at radius 3 is 2.72 bits per heavy atom. The van der Waals surface area contributed by atoms with Gasteiger partial charge in [-0.1, -0.05) is 31.7 Å². The molecule has 1 aliphatic rings. The lowest BCUT2D eigenvalue weighted by Crippen LogP contribution is -2.28. The third-order valence-corrected chi connectivity index (χ3v) is 6.01. The van der Waals surface area contributed by atoms with Gasteiger partial charge in [0.1, 0.15) is 0 Å². The Kier molecular flexibility index (Phi) is 7.87. The van der Waals surface area contributed by atoms with Gasteiger partial charge in [-0.05, 0) is 37.0 Å². The molecule has 0 bridgehead atoms. The van der Waals surface area contributed by atoms with Crippen molar-refractivity contribution in [2.75, 3.05) is 26.8 Å². The van der Waals surface area contributed by atoms with E-state index in [0.29, 0.717) is 18.7 Å². The second-order valence-corrected chi connectivity index (χ2v) is 8.23. The fraction of sp³-hybridized carbons (Fsp3) is 0.611. The first kappa shape index (κ1) is 19.9. The van der Waals surface area contributed by atoms with Crippen LogP contribution in [-0.4, -0.2) is 41.1 Å². The van der Waals surface area contributed by atoms with Gasteiger partial charge >= 0.3 is 0 Å². The van der Waals surface area contributed by atoms with E-state index in [0.717, 1.165) is 18.8 Å². The van der Waals surface area contributed by atoms with Gasteiger partial charge < -0.3 is 10.1 Å². The Morgan fingerprint density at radius 2 is 2.00 bits per heavy atom. The van der Waals surface area contributed by atoms with Crippen LogP contribution in [0.15, 0.2) is 29.2 Å². The van der Waals surface area contributed by atoms with Crippen molar-refractivity contribution in [3.63, 3.8) is 0 Å². The zero-order valence-corrected chi connectivity index (χ0v) is 15.6. The van der Waals surface area contributed by atoms with E-state index in [4.69, 9.17) is 4.74 Å². The number of methoxy groups -OCH3 is 1. The van der Waals surface area contributed by atoms with Crippen LogP contribution in [0.4, 0.5) is 0 Å². The van der Waals surface area contributed by atoms with Gasteiger partial charge in [-0.25, -0.2) is 13.1 Å². The van der Waals surface area contributed by atoms with E-state index in [9.17, 15) is 13.2 Å². The first-order valence-electron chi connectivity index (χ1n) is 8.90. The minimum absolute atomic E-state index is 0.0854. The second-order valence-electron chi connectivity index (χ2n) is 6.47. The van der Waals surface area contributed by atoms with Crippen LogP contribution < -0.4 is 10.0 Å². The summed E-state index contributed by atoms with van der Waals surface area (Å²) in [7, 11) is -2.13. The SMILES string of the molecule is COCCNS(=O)(=O)c1cccc(C(=O)NCCCC2CCCC2)c1. The van der Waals surface area contributed by atoms with Gasteiger partial charge in [0, 0.05) is 25.8 Å². The lowest BCUT2D eigenvalue weighted by molar-refractivity contribution is 0.0952. The quantitative estimate of drug-likeness (QED) is 0.621. The molecule has 1 aliphatic carbocycles. The van der Waals surface area contributed by atoms with Gasteiger partial charge in [-0.15, -0.1) is 0 Å². The highest BCUT2D eigenvalue weighted by Crippen LogP contribution is 2.28. The van der Waals surface area contributed by atoms with Crippen molar-refractivity contribution in [2.45, 2.75) is 43.4 Å². The van der Waals surface area contributed by atoms with E-state index in [1.165, 1.54) is 44.9 Å². The minimum atomic E-state index is -3.63. The topological polar surface area (TPSA) is 84.5 Å².